The molecule has 2 saturated heterocycles. The first-order chi connectivity index (χ1) is 26.5. The molecule has 56 heavy (non-hydrogen) atoms. The van der Waals surface area contributed by atoms with Crippen molar-refractivity contribution in [2.75, 3.05) is 20.0 Å². The van der Waals surface area contributed by atoms with Gasteiger partial charge in [-0.3, -0.25) is 14.4 Å². The number of benzene rings is 2. The van der Waals surface area contributed by atoms with E-state index in [4.69, 9.17) is 28.4 Å². The fourth-order valence-electron chi connectivity index (χ4n) is 6.28. The van der Waals surface area contributed by atoms with Gasteiger partial charge < -0.3 is 44.2 Å². The minimum Gasteiger partial charge on any atom is -0.462 e. The van der Waals surface area contributed by atoms with Crippen LogP contribution in [0.4, 0.5) is 0 Å². The molecule has 3 N–H and O–H groups in total. The summed E-state index contributed by atoms with van der Waals surface area (Å²) in [5.74, 6) is -3.45. The maximum atomic E-state index is 13.5. The van der Waals surface area contributed by atoms with Gasteiger partial charge in [-0.05, 0) is 68.7 Å². The minimum atomic E-state index is -1.06. The molecule has 2 aromatic carbocycles. The van der Waals surface area contributed by atoms with Crippen molar-refractivity contribution in [2.45, 2.75) is 96.5 Å². The number of hydrogen-bond donors (Lipinski definition) is 3. The highest BCUT2D eigenvalue weighted by Crippen LogP contribution is 2.32. The van der Waals surface area contributed by atoms with Crippen molar-refractivity contribution >= 4 is 41.8 Å². The Hall–Kier alpha value is -5.38. The fourth-order valence-corrected chi connectivity index (χ4v) is 6.28. The molecule has 1 aliphatic carbocycles. The lowest BCUT2D eigenvalue weighted by Gasteiger charge is -2.30. The lowest BCUT2D eigenvalue weighted by Crippen LogP contribution is -2.43. The molecule has 0 bridgehead atoms. The highest BCUT2D eigenvalue weighted by Gasteiger charge is 2.46. The topological polar surface area (TPSA) is 202 Å². The number of hydrogen-bond acceptors (Lipinski definition) is 13. The maximum absolute atomic E-state index is 13.5. The first kappa shape index (κ1) is 41.8. The van der Waals surface area contributed by atoms with Crippen molar-refractivity contribution in [1.82, 2.24) is 10.6 Å². The van der Waals surface area contributed by atoms with Crippen LogP contribution in [0.15, 0.2) is 66.3 Å². The molecule has 5 unspecified atom stereocenters. The van der Waals surface area contributed by atoms with Crippen LogP contribution in [0, 0.1) is 5.41 Å². The van der Waals surface area contributed by atoms with Crippen LogP contribution in [0.2, 0.25) is 0 Å². The van der Waals surface area contributed by atoms with Gasteiger partial charge in [0.25, 0.3) is 5.91 Å². The Morgan fingerprint density at radius 3 is 2.50 bits per heavy atom. The third kappa shape index (κ3) is 11.1. The van der Waals surface area contributed by atoms with Gasteiger partial charge in [-0.1, -0.05) is 44.2 Å². The second-order valence-electron chi connectivity index (χ2n) is 15.4. The molecule has 5 rings (SSSR count). The molecular weight excluding hydrogens is 728 g/mol. The second-order valence-corrected chi connectivity index (χ2v) is 15.4. The van der Waals surface area contributed by atoms with E-state index in [0.29, 0.717) is 22.3 Å². The van der Waals surface area contributed by atoms with E-state index >= 15 is 0 Å². The predicted octanol–water partition coefficient (Wildman–Crippen LogP) is 3.32. The number of carbonyl (C=O) groups excluding carboxylic acids is 6. The molecule has 300 valence electrons. The van der Waals surface area contributed by atoms with Crippen LogP contribution in [0.25, 0.3) is 6.08 Å². The molecule has 2 amide bonds. The number of nitrogens with one attached hydrogen (secondary N) is 2. The lowest BCUT2D eigenvalue weighted by molar-refractivity contribution is -0.159. The third-order valence-electron chi connectivity index (χ3n) is 9.19. The average Bonchev–Trinajstić information content (AvgIpc) is 3.74. The Labute approximate surface area is 324 Å². The number of fused-ring (bicyclic) bond motifs is 1. The Morgan fingerprint density at radius 2 is 1.79 bits per heavy atom. The van der Waals surface area contributed by atoms with Gasteiger partial charge in [0.05, 0.1) is 18.2 Å². The van der Waals surface area contributed by atoms with Gasteiger partial charge in [-0.2, -0.15) is 0 Å². The first-order valence-electron chi connectivity index (χ1n) is 18.3. The summed E-state index contributed by atoms with van der Waals surface area (Å²) in [6, 6.07) is 12.4. The quantitative estimate of drug-likeness (QED) is 0.143. The molecule has 0 radical (unpaired) electrons. The normalized spacial score (nSPS) is 22.0. The molecule has 3 aliphatic rings. The zero-order chi connectivity index (χ0) is 40.6. The van der Waals surface area contributed by atoms with E-state index in [9.17, 15) is 33.9 Å². The van der Waals surface area contributed by atoms with E-state index in [1.165, 1.54) is 12.1 Å². The summed E-state index contributed by atoms with van der Waals surface area (Å²) in [6.07, 6.45) is 1.11. The molecule has 5 atom stereocenters. The monoisotopic (exact) mass is 776 g/mol. The Morgan fingerprint density at radius 1 is 1.02 bits per heavy atom. The van der Waals surface area contributed by atoms with E-state index in [0.717, 1.165) is 6.08 Å². The van der Waals surface area contributed by atoms with E-state index in [2.05, 4.69) is 10.6 Å². The van der Waals surface area contributed by atoms with Crippen molar-refractivity contribution in [1.29, 1.82) is 0 Å². The number of amides is 2. The van der Waals surface area contributed by atoms with Gasteiger partial charge in [0.15, 0.2) is 0 Å². The van der Waals surface area contributed by atoms with Crippen molar-refractivity contribution < 1.29 is 62.3 Å². The minimum absolute atomic E-state index is 0.0207. The smallest absolute Gasteiger partial charge is 0.348 e. The fraction of sp³-hybridized carbons (Fsp3) is 0.463. The Balaban J connectivity index is 1.17. The number of ether oxygens (including phenoxy) is 6. The maximum Gasteiger partial charge on any atom is 0.348 e. The summed E-state index contributed by atoms with van der Waals surface area (Å²) in [7, 11) is 0. The second kappa shape index (κ2) is 18.0. The molecular formula is C41H48N2O13. The highest BCUT2D eigenvalue weighted by molar-refractivity contribution is 5.97. The number of cyclic esters (lactones) is 1. The van der Waals surface area contributed by atoms with Gasteiger partial charge in [0, 0.05) is 42.0 Å². The van der Waals surface area contributed by atoms with Gasteiger partial charge in [-0.25, -0.2) is 14.4 Å². The number of aliphatic hydroxyl groups excluding tert-OH is 1. The van der Waals surface area contributed by atoms with Crippen molar-refractivity contribution in [3.63, 3.8) is 0 Å². The molecule has 0 spiro atoms. The van der Waals surface area contributed by atoms with E-state index < -0.39 is 77.2 Å². The summed E-state index contributed by atoms with van der Waals surface area (Å²) in [4.78, 5) is 76.7. The molecule has 2 aliphatic heterocycles. The van der Waals surface area contributed by atoms with Crippen molar-refractivity contribution in [3.8, 4) is 0 Å². The summed E-state index contributed by atoms with van der Waals surface area (Å²) < 4.78 is 32.9. The zero-order valence-corrected chi connectivity index (χ0v) is 32.0. The Kier molecular flexibility index (Phi) is 13.5. The van der Waals surface area contributed by atoms with Gasteiger partial charge in [-0.15, -0.1) is 0 Å². The van der Waals surface area contributed by atoms with Gasteiger partial charge >= 0.3 is 23.9 Å². The predicted molar refractivity (Wildman–Crippen MR) is 198 cm³/mol. The number of esters is 4. The molecule has 15 nitrogen and oxygen atoms in total. The number of rotatable bonds is 14. The standard InChI is InChI=1S/C41H48N2O13/c1-40(2,3)56-33(46)16-14-28(21-44)43-37(48)26-11-8-9-24(17-26)20-42-36(47)27-18-30-34(53-23-52-30)31(19-27)54-38(49)29-12-7-6-10-25(29)13-15-32(45)55-35-39(50)51-22-41(35,4)5/h6-13,15,17-18,28,30-31,34-35,44H,14,16,19-23H2,1-5H3,(H,42,47)(H,43,48). The average molecular weight is 777 g/mol. The first-order valence-corrected chi connectivity index (χ1v) is 18.3. The largest absolute Gasteiger partial charge is 0.462 e. The van der Waals surface area contributed by atoms with Crippen LogP contribution in [-0.4, -0.2) is 96.9 Å². The highest BCUT2D eigenvalue weighted by atomic mass is 16.7. The van der Waals surface area contributed by atoms with E-state index in [1.54, 1.807) is 83.2 Å². The van der Waals surface area contributed by atoms with Crippen LogP contribution >= 0.6 is 0 Å². The molecule has 0 aromatic heterocycles. The molecule has 2 fully saturated rings. The van der Waals surface area contributed by atoms with Crippen LogP contribution in [0.1, 0.15) is 85.7 Å². The Bertz CT molecular complexity index is 1880. The summed E-state index contributed by atoms with van der Waals surface area (Å²) >= 11 is 0. The van der Waals surface area contributed by atoms with Crippen LogP contribution in [0.3, 0.4) is 0 Å². The summed E-state index contributed by atoms with van der Waals surface area (Å²) in [6.45, 7) is 8.54. The van der Waals surface area contributed by atoms with Crippen LogP contribution in [-0.2, 0) is 54.1 Å². The van der Waals surface area contributed by atoms with Crippen molar-refractivity contribution in [3.05, 3.63) is 88.5 Å². The van der Waals surface area contributed by atoms with Crippen molar-refractivity contribution in [2.24, 2.45) is 5.41 Å². The van der Waals surface area contributed by atoms with Gasteiger partial charge in [0.1, 0.15) is 37.3 Å². The molecule has 2 heterocycles. The molecule has 0 saturated carbocycles. The SMILES string of the molecule is CC(C)(C)OC(=O)CCC(CO)NC(=O)c1cccc(CNC(=O)C2=CC3OCOC3C(OC(=O)c3ccccc3C=CC(=O)OC3C(=O)OCC3(C)C)C2)c1. The van der Waals surface area contributed by atoms with Gasteiger partial charge in [0.2, 0.25) is 12.0 Å². The van der Waals surface area contributed by atoms with Crippen LogP contribution < -0.4 is 10.6 Å². The molecule has 15 heteroatoms. The third-order valence-corrected chi connectivity index (χ3v) is 9.19. The zero-order valence-electron chi connectivity index (χ0n) is 32.0. The van der Waals surface area contributed by atoms with E-state index in [1.807, 2.05) is 0 Å². The number of carbonyl (C=O) groups is 6. The molecule has 2 aromatic rings. The van der Waals surface area contributed by atoms with E-state index in [-0.39, 0.29) is 51.4 Å². The van der Waals surface area contributed by atoms with Crippen LogP contribution in [0.5, 0.6) is 0 Å². The summed E-state index contributed by atoms with van der Waals surface area (Å²) in [5, 5.41) is 15.4. The summed E-state index contributed by atoms with van der Waals surface area (Å²) in [5.41, 5.74) is 0.404. The number of aliphatic hydroxyl groups is 1. The lowest BCUT2D eigenvalue weighted by atomic mass is 9.90.